The van der Waals surface area contributed by atoms with E-state index in [2.05, 4.69) is 17.2 Å². The van der Waals surface area contributed by atoms with Gasteiger partial charge in [0.25, 0.3) is 5.69 Å². The summed E-state index contributed by atoms with van der Waals surface area (Å²) in [6, 6.07) is 3.46. The number of benzene rings is 1. The number of carbonyl (C=O) groups is 1. The fourth-order valence-corrected chi connectivity index (χ4v) is 2.21. The highest BCUT2D eigenvalue weighted by atomic mass is 32.2. The fraction of sp³-hybridized carbons (Fsp3) is 0.400. The molecule has 9 heteroatoms. The Morgan fingerprint density at radius 2 is 2.00 bits per heavy atom. The zero-order chi connectivity index (χ0) is 18.5. The van der Waals surface area contributed by atoms with Crippen LogP contribution in [0.5, 0.6) is 0 Å². The molecule has 0 aliphatic rings. The van der Waals surface area contributed by atoms with E-state index in [1.165, 1.54) is 12.1 Å². The number of nitro groups is 1. The van der Waals surface area contributed by atoms with Crippen molar-refractivity contribution >= 4 is 21.6 Å². The van der Waals surface area contributed by atoms with Gasteiger partial charge in [-0.25, -0.2) is 13.2 Å². The zero-order valence-corrected chi connectivity index (χ0v) is 14.6. The molecule has 1 N–H and O–H groups in total. The van der Waals surface area contributed by atoms with Crippen molar-refractivity contribution in [2.75, 3.05) is 12.8 Å². The normalized spacial score (nSPS) is 11.2. The summed E-state index contributed by atoms with van der Waals surface area (Å²) in [7, 11) is -3.56. The lowest BCUT2D eigenvalue weighted by Crippen LogP contribution is -2.32. The maximum absolute atomic E-state index is 11.4. The molecule has 0 fully saturated rings. The Hall–Kier alpha value is -2.60. The smallest absolute Gasteiger partial charge is 0.408 e. The number of nitrogens with zero attached hydrogens (tertiary/aromatic N) is 1. The molecule has 1 aromatic carbocycles. The molecule has 1 rings (SSSR count). The molecule has 0 spiro atoms. The molecule has 0 bridgehead atoms. The Morgan fingerprint density at radius 1 is 1.38 bits per heavy atom. The lowest BCUT2D eigenvalue weighted by Gasteiger charge is -2.18. The molecule has 0 aliphatic heterocycles. The van der Waals surface area contributed by atoms with E-state index in [1.807, 2.05) is 0 Å². The number of ether oxygens (including phenoxy) is 1. The first-order valence-electron chi connectivity index (χ1n) is 6.84. The Morgan fingerprint density at radius 3 is 2.50 bits per heavy atom. The third-order valence-corrected chi connectivity index (χ3v) is 3.65. The summed E-state index contributed by atoms with van der Waals surface area (Å²) < 4.78 is 27.9. The van der Waals surface area contributed by atoms with E-state index in [0.29, 0.717) is 0 Å². The Labute approximate surface area is 140 Å². The summed E-state index contributed by atoms with van der Waals surface area (Å²) in [4.78, 5) is 21.6. The number of rotatable bonds is 3. The molecule has 0 saturated carbocycles. The molecular weight excluding hydrogens is 336 g/mol. The first-order chi connectivity index (χ1) is 10.9. The van der Waals surface area contributed by atoms with Crippen LogP contribution in [0.15, 0.2) is 23.1 Å². The molecule has 0 aromatic heterocycles. The van der Waals surface area contributed by atoms with E-state index in [4.69, 9.17) is 4.74 Å². The maximum Gasteiger partial charge on any atom is 0.408 e. The summed E-state index contributed by atoms with van der Waals surface area (Å²) in [6.07, 6.45) is 0.307. The van der Waals surface area contributed by atoms with Crippen molar-refractivity contribution in [1.82, 2.24) is 5.32 Å². The van der Waals surface area contributed by atoms with Gasteiger partial charge in [-0.1, -0.05) is 11.8 Å². The van der Waals surface area contributed by atoms with Crippen molar-refractivity contribution in [3.8, 4) is 11.8 Å². The van der Waals surface area contributed by atoms with Gasteiger partial charge in [0.2, 0.25) is 0 Å². The number of nitro benzene ring substituents is 1. The third kappa shape index (κ3) is 6.26. The van der Waals surface area contributed by atoms with Crippen molar-refractivity contribution in [1.29, 1.82) is 0 Å². The van der Waals surface area contributed by atoms with Crippen molar-refractivity contribution < 1.29 is 22.9 Å². The molecule has 0 atom stereocenters. The van der Waals surface area contributed by atoms with E-state index < -0.39 is 32.1 Å². The monoisotopic (exact) mass is 354 g/mol. The van der Waals surface area contributed by atoms with Crippen molar-refractivity contribution in [2.45, 2.75) is 31.3 Å². The number of carbonyl (C=O) groups excluding carboxylic acids is 1. The van der Waals surface area contributed by atoms with Crippen LogP contribution in [0.25, 0.3) is 0 Å². The molecule has 8 nitrogen and oxygen atoms in total. The first kappa shape index (κ1) is 19.4. The lowest BCUT2D eigenvalue weighted by atomic mass is 10.2. The predicted molar refractivity (Wildman–Crippen MR) is 87.3 cm³/mol. The predicted octanol–water partition coefficient (Wildman–Crippen LogP) is 1.87. The van der Waals surface area contributed by atoms with Gasteiger partial charge in [0.1, 0.15) is 11.2 Å². The fourth-order valence-electron chi connectivity index (χ4n) is 1.57. The van der Waals surface area contributed by atoms with Gasteiger partial charge in [-0.2, -0.15) is 0 Å². The van der Waals surface area contributed by atoms with Crippen LogP contribution in [0, 0.1) is 22.0 Å². The van der Waals surface area contributed by atoms with Gasteiger partial charge in [0, 0.05) is 12.3 Å². The van der Waals surface area contributed by atoms with E-state index >= 15 is 0 Å². The minimum atomic E-state index is -3.56. The van der Waals surface area contributed by atoms with Crippen LogP contribution in [0.3, 0.4) is 0 Å². The van der Waals surface area contributed by atoms with Crippen molar-refractivity contribution in [3.05, 3.63) is 33.9 Å². The molecule has 24 heavy (non-hydrogen) atoms. The molecule has 0 aliphatic carbocycles. The van der Waals surface area contributed by atoms with Crippen LogP contribution in [-0.4, -0.2) is 37.8 Å². The van der Waals surface area contributed by atoms with Crippen LogP contribution in [0.2, 0.25) is 0 Å². The Bertz CT molecular complexity index is 813. The molecule has 0 saturated heterocycles. The maximum atomic E-state index is 11.4. The van der Waals surface area contributed by atoms with Crippen LogP contribution >= 0.6 is 0 Å². The van der Waals surface area contributed by atoms with Gasteiger partial charge in [-0.15, -0.1) is 0 Å². The first-order valence-corrected chi connectivity index (χ1v) is 8.73. The quantitative estimate of drug-likeness (QED) is 0.503. The number of nitrogens with one attached hydrogen (secondary N) is 1. The SMILES string of the molecule is CC(C)(C)OC(=O)NCC#Cc1ccc(S(C)(=O)=O)cc1[N+](=O)[O-]. The van der Waals surface area contributed by atoms with Gasteiger partial charge in [0.15, 0.2) is 9.84 Å². The van der Waals surface area contributed by atoms with Gasteiger partial charge < -0.3 is 10.1 Å². The molecule has 0 radical (unpaired) electrons. The average molecular weight is 354 g/mol. The molecular formula is C15H18N2O6S. The number of amides is 1. The average Bonchev–Trinajstić information content (AvgIpc) is 2.40. The van der Waals surface area contributed by atoms with Crippen LogP contribution in [0.1, 0.15) is 26.3 Å². The zero-order valence-electron chi connectivity index (χ0n) is 13.7. The highest BCUT2D eigenvalue weighted by Gasteiger charge is 2.18. The summed E-state index contributed by atoms with van der Waals surface area (Å²) in [5.74, 6) is 5.09. The Kier molecular flexibility index (Phi) is 5.93. The lowest BCUT2D eigenvalue weighted by molar-refractivity contribution is -0.385. The number of sulfone groups is 1. The minimum absolute atomic E-state index is 0.0541. The molecule has 1 amide bonds. The summed E-state index contributed by atoms with van der Waals surface area (Å²) in [5.41, 5.74) is -1.00. The second-order valence-corrected chi connectivity index (χ2v) is 7.88. The van der Waals surface area contributed by atoms with E-state index in [-0.39, 0.29) is 17.0 Å². The second-order valence-electron chi connectivity index (χ2n) is 5.87. The molecule has 130 valence electrons. The van der Waals surface area contributed by atoms with Crippen LogP contribution < -0.4 is 5.32 Å². The van der Waals surface area contributed by atoms with Crippen LogP contribution in [0.4, 0.5) is 10.5 Å². The molecule has 0 unspecified atom stereocenters. The highest BCUT2D eigenvalue weighted by molar-refractivity contribution is 7.90. The summed E-state index contributed by atoms with van der Waals surface area (Å²) >= 11 is 0. The van der Waals surface area contributed by atoms with Gasteiger partial charge in [0.05, 0.1) is 16.4 Å². The number of hydrogen-bond acceptors (Lipinski definition) is 6. The Balaban J connectivity index is 2.90. The van der Waals surface area contributed by atoms with E-state index in [0.717, 1.165) is 12.3 Å². The standard InChI is InChI=1S/C15H18N2O6S/c1-15(2,3)23-14(18)16-9-5-6-11-7-8-12(24(4,21)22)10-13(11)17(19)20/h7-8,10H,9H2,1-4H3,(H,16,18). The van der Waals surface area contributed by atoms with E-state index in [9.17, 15) is 23.3 Å². The largest absolute Gasteiger partial charge is 0.444 e. The van der Waals surface area contributed by atoms with E-state index in [1.54, 1.807) is 20.8 Å². The van der Waals surface area contributed by atoms with Crippen molar-refractivity contribution in [3.63, 3.8) is 0 Å². The third-order valence-electron chi connectivity index (χ3n) is 2.54. The summed E-state index contributed by atoms with van der Waals surface area (Å²) in [6.45, 7) is 5.07. The summed E-state index contributed by atoms with van der Waals surface area (Å²) in [5, 5.41) is 13.4. The van der Waals surface area contributed by atoms with Gasteiger partial charge >= 0.3 is 6.09 Å². The molecule has 1 aromatic rings. The second kappa shape index (κ2) is 7.31. The topological polar surface area (TPSA) is 116 Å². The van der Waals surface area contributed by atoms with Gasteiger partial charge in [-0.05, 0) is 32.9 Å². The van der Waals surface area contributed by atoms with Gasteiger partial charge in [-0.3, -0.25) is 10.1 Å². The van der Waals surface area contributed by atoms with Crippen molar-refractivity contribution in [2.24, 2.45) is 0 Å². The van der Waals surface area contributed by atoms with Crippen LogP contribution in [-0.2, 0) is 14.6 Å². The minimum Gasteiger partial charge on any atom is -0.444 e. The number of alkyl carbamates (subject to hydrolysis) is 1. The highest BCUT2D eigenvalue weighted by Crippen LogP contribution is 2.22. The molecule has 0 heterocycles. The number of hydrogen-bond donors (Lipinski definition) is 1.